The van der Waals surface area contributed by atoms with E-state index in [0.29, 0.717) is 5.69 Å². The van der Waals surface area contributed by atoms with Crippen LogP contribution >= 0.6 is 0 Å². The fourth-order valence-electron chi connectivity index (χ4n) is 2.26. The Labute approximate surface area is 110 Å². The van der Waals surface area contributed by atoms with E-state index in [-0.39, 0.29) is 23.5 Å². The minimum atomic E-state index is -0.494. The second-order valence-corrected chi connectivity index (χ2v) is 4.68. The Bertz CT molecular complexity index is 497. The van der Waals surface area contributed by atoms with Crippen molar-refractivity contribution in [3.63, 3.8) is 0 Å². The summed E-state index contributed by atoms with van der Waals surface area (Å²) < 4.78 is 13.1. The predicted octanol–water partition coefficient (Wildman–Crippen LogP) is 2.17. The Balaban J connectivity index is 2.05. The Morgan fingerprint density at radius 1 is 1.37 bits per heavy atom. The molecule has 0 radical (unpaired) electrons. The number of hydrogen-bond acceptors (Lipinski definition) is 2. The summed E-state index contributed by atoms with van der Waals surface area (Å²) in [7, 11) is 0. The van der Waals surface area contributed by atoms with Crippen LogP contribution in [-0.2, 0) is 0 Å². The Morgan fingerprint density at radius 2 is 2.05 bits per heavy atom. The number of anilines is 1. The second-order valence-electron chi connectivity index (χ2n) is 4.68. The number of rotatable bonds is 3. The lowest BCUT2D eigenvalue weighted by atomic mass is 10.1. The predicted molar refractivity (Wildman–Crippen MR) is 71.8 cm³/mol. The molecule has 19 heavy (non-hydrogen) atoms. The molecule has 102 valence electrons. The molecule has 0 saturated heterocycles. The third-order valence-corrected chi connectivity index (χ3v) is 3.21. The Kier molecular flexibility index (Phi) is 3.99. The molecule has 0 aromatic heterocycles. The molecular weight excluding hydrogens is 247 g/mol. The van der Waals surface area contributed by atoms with Gasteiger partial charge in [-0.25, -0.2) is 9.18 Å². The third-order valence-electron chi connectivity index (χ3n) is 3.21. The summed E-state index contributed by atoms with van der Waals surface area (Å²) in [6.07, 6.45) is 4.22. The highest BCUT2D eigenvalue weighted by Gasteiger charge is 2.18. The van der Waals surface area contributed by atoms with E-state index in [4.69, 9.17) is 11.1 Å². The van der Waals surface area contributed by atoms with Gasteiger partial charge in [-0.1, -0.05) is 12.8 Å². The SMILES string of the molecule is N=C(N)c1cc(F)ccc1NC(=O)NC1CCCC1. The van der Waals surface area contributed by atoms with Gasteiger partial charge in [-0.05, 0) is 31.0 Å². The normalized spacial score (nSPS) is 15.2. The smallest absolute Gasteiger partial charge is 0.319 e. The third kappa shape index (κ3) is 3.43. The minimum absolute atomic E-state index is 0.182. The molecule has 5 nitrogen and oxygen atoms in total. The topological polar surface area (TPSA) is 91.0 Å². The Hall–Kier alpha value is -2.11. The van der Waals surface area contributed by atoms with Crippen molar-refractivity contribution in [2.45, 2.75) is 31.7 Å². The maximum absolute atomic E-state index is 13.1. The van der Waals surface area contributed by atoms with Gasteiger partial charge in [0.25, 0.3) is 0 Å². The number of carbonyl (C=O) groups is 1. The molecule has 5 N–H and O–H groups in total. The van der Waals surface area contributed by atoms with Gasteiger partial charge in [0.1, 0.15) is 11.7 Å². The van der Waals surface area contributed by atoms with Gasteiger partial charge in [0.2, 0.25) is 0 Å². The van der Waals surface area contributed by atoms with Crippen LogP contribution in [0.1, 0.15) is 31.2 Å². The van der Waals surface area contributed by atoms with Gasteiger partial charge in [0, 0.05) is 11.6 Å². The maximum atomic E-state index is 13.1. The average molecular weight is 264 g/mol. The van der Waals surface area contributed by atoms with Crippen molar-refractivity contribution in [2.75, 3.05) is 5.32 Å². The molecule has 2 amide bonds. The summed E-state index contributed by atoms with van der Waals surface area (Å²) in [5, 5.41) is 12.8. The molecule has 1 aromatic carbocycles. The number of urea groups is 1. The van der Waals surface area contributed by atoms with E-state index in [1.54, 1.807) is 0 Å². The lowest BCUT2D eigenvalue weighted by Crippen LogP contribution is -2.36. The van der Waals surface area contributed by atoms with E-state index in [0.717, 1.165) is 31.7 Å². The molecule has 2 rings (SSSR count). The molecule has 1 fully saturated rings. The first-order valence-corrected chi connectivity index (χ1v) is 6.27. The van der Waals surface area contributed by atoms with Crippen LogP contribution in [0.4, 0.5) is 14.9 Å². The molecule has 0 heterocycles. The molecular formula is C13H17FN4O. The number of carbonyl (C=O) groups excluding carboxylic acids is 1. The van der Waals surface area contributed by atoms with Crippen LogP contribution < -0.4 is 16.4 Å². The molecule has 0 spiro atoms. The molecule has 1 aliphatic rings. The van der Waals surface area contributed by atoms with Crippen LogP contribution in [0.3, 0.4) is 0 Å². The standard InChI is InChI=1S/C13H17FN4O/c14-8-5-6-11(10(7-8)12(15)16)18-13(19)17-9-3-1-2-4-9/h5-7,9H,1-4H2,(H3,15,16)(H2,17,18,19). The number of nitrogens with two attached hydrogens (primary N) is 1. The molecule has 0 bridgehead atoms. The molecule has 6 heteroatoms. The van der Waals surface area contributed by atoms with Crippen LogP contribution in [0.2, 0.25) is 0 Å². The number of hydrogen-bond donors (Lipinski definition) is 4. The van der Waals surface area contributed by atoms with E-state index in [1.807, 2.05) is 0 Å². The van der Waals surface area contributed by atoms with Gasteiger partial charge in [-0.15, -0.1) is 0 Å². The van der Waals surface area contributed by atoms with Crippen LogP contribution in [0.5, 0.6) is 0 Å². The van der Waals surface area contributed by atoms with Crippen molar-refractivity contribution in [3.8, 4) is 0 Å². The fraction of sp³-hybridized carbons (Fsp3) is 0.385. The number of nitrogen functional groups attached to an aromatic ring is 1. The number of amidine groups is 1. The van der Waals surface area contributed by atoms with E-state index >= 15 is 0 Å². The highest BCUT2D eigenvalue weighted by atomic mass is 19.1. The molecule has 0 unspecified atom stereocenters. The van der Waals surface area contributed by atoms with Gasteiger partial charge in [-0.3, -0.25) is 5.41 Å². The highest BCUT2D eigenvalue weighted by molar-refractivity contribution is 6.03. The summed E-state index contributed by atoms with van der Waals surface area (Å²) in [6, 6.07) is 3.60. The van der Waals surface area contributed by atoms with Crippen molar-refractivity contribution in [3.05, 3.63) is 29.6 Å². The van der Waals surface area contributed by atoms with Crippen LogP contribution in [0.25, 0.3) is 0 Å². The van der Waals surface area contributed by atoms with Crippen LogP contribution in [-0.4, -0.2) is 17.9 Å². The van der Waals surface area contributed by atoms with E-state index in [1.165, 1.54) is 12.1 Å². The summed E-state index contributed by atoms with van der Waals surface area (Å²) in [6.45, 7) is 0. The zero-order valence-electron chi connectivity index (χ0n) is 10.5. The number of halogens is 1. The van der Waals surface area contributed by atoms with E-state index < -0.39 is 5.82 Å². The first-order valence-electron chi connectivity index (χ1n) is 6.27. The summed E-state index contributed by atoms with van der Waals surface area (Å²) in [5.74, 6) is -0.775. The minimum Gasteiger partial charge on any atom is -0.384 e. The van der Waals surface area contributed by atoms with Gasteiger partial charge < -0.3 is 16.4 Å². The summed E-state index contributed by atoms with van der Waals surface area (Å²) in [4.78, 5) is 11.8. The molecule has 0 atom stereocenters. The molecule has 1 saturated carbocycles. The fourth-order valence-corrected chi connectivity index (χ4v) is 2.26. The zero-order valence-corrected chi connectivity index (χ0v) is 10.5. The van der Waals surface area contributed by atoms with Crippen molar-refractivity contribution in [1.82, 2.24) is 5.32 Å². The lowest BCUT2D eigenvalue weighted by Gasteiger charge is -2.14. The van der Waals surface area contributed by atoms with Crippen molar-refractivity contribution in [1.29, 1.82) is 5.41 Å². The molecule has 1 aliphatic carbocycles. The van der Waals surface area contributed by atoms with Gasteiger partial charge >= 0.3 is 6.03 Å². The second kappa shape index (κ2) is 5.69. The van der Waals surface area contributed by atoms with Gasteiger partial charge in [0.05, 0.1) is 5.69 Å². The lowest BCUT2D eigenvalue weighted by molar-refractivity contribution is 0.248. The van der Waals surface area contributed by atoms with Crippen molar-refractivity contribution in [2.24, 2.45) is 5.73 Å². The monoisotopic (exact) mass is 264 g/mol. The Morgan fingerprint density at radius 3 is 2.68 bits per heavy atom. The highest BCUT2D eigenvalue weighted by Crippen LogP contribution is 2.19. The summed E-state index contributed by atoms with van der Waals surface area (Å²) in [5.41, 5.74) is 5.89. The van der Waals surface area contributed by atoms with E-state index in [9.17, 15) is 9.18 Å². The zero-order chi connectivity index (χ0) is 13.8. The van der Waals surface area contributed by atoms with Gasteiger partial charge in [-0.2, -0.15) is 0 Å². The number of nitrogens with one attached hydrogen (secondary N) is 3. The largest absolute Gasteiger partial charge is 0.384 e. The van der Waals surface area contributed by atoms with Crippen molar-refractivity contribution < 1.29 is 9.18 Å². The maximum Gasteiger partial charge on any atom is 0.319 e. The average Bonchev–Trinajstić information content (AvgIpc) is 2.83. The number of benzene rings is 1. The first kappa shape index (κ1) is 13.3. The molecule has 0 aliphatic heterocycles. The first-order chi connectivity index (χ1) is 9.06. The van der Waals surface area contributed by atoms with Crippen LogP contribution in [0, 0.1) is 11.2 Å². The van der Waals surface area contributed by atoms with Crippen LogP contribution in [0.15, 0.2) is 18.2 Å². The van der Waals surface area contributed by atoms with E-state index in [2.05, 4.69) is 10.6 Å². The number of amides is 2. The van der Waals surface area contributed by atoms with Crippen molar-refractivity contribution >= 4 is 17.6 Å². The van der Waals surface area contributed by atoms with Gasteiger partial charge in [0.15, 0.2) is 0 Å². The summed E-state index contributed by atoms with van der Waals surface area (Å²) >= 11 is 0. The molecule has 1 aromatic rings. The quantitative estimate of drug-likeness (QED) is 0.497.